The Hall–Kier alpha value is -3.08. The number of nitrogens with zero attached hydrogens (tertiary/aromatic N) is 1. The van der Waals surface area contributed by atoms with Gasteiger partial charge in [-0.3, -0.25) is 4.79 Å². The first-order chi connectivity index (χ1) is 10.8. The monoisotopic (exact) mass is 294 g/mol. The summed E-state index contributed by atoms with van der Waals surface area (Å²) in [4.78, 5) is 26.9. The number of para-hydroxylation sites is 1. The summed E-state index contributed by atoms with van der Waals surface area (Å²) in [5, 5.41) is 0. The lowest BCUT2D eigenvalue weighted by atomic mass is 10.2. The van der Waals surface area contributed by atoms with Crippen LogP contribution in [0, 0.1) is 0 Å². The summed E-state index contributed by atoms with van der Waals surface area (Å²) in [6.07, 6.45) is 1.30. The quantitative estimate of drug-likeness (QED) is 0.801. The molecule has 2 aromatic carbocycles. The molecule has 0 fully saturated rings. The lowest BCUT2D eigenvalue weighted by Crippen LogP contribution is -2.33. The van der Waals surface area contributed by atoms with E-state index in [0.717, 1.165) is 10.1 Å². The van der Waals surface area contributed by atoms with Crippen LogP contribution >= 0.6 is 0 Å². The van der Waals surface area contributed by atoms with Crippen LogP contribution in [0.3, 0.4) is 0 Å². The number of hydrogen-bond donors (Lipinski definition) is 1. The number of hydrogen-bond acceptors (Lipinski definition) is 3. The number of aromatic amines is 1. The molecule has 0 bridgehead atoms. The van der Waals surface area contributed by atoms with Crippen molar-refractivity contribution in [1.82, 2.24) is 9.55 Å². The lowest BCUT2D eigenvalue weighted by molar-refractivity contribution is 0.298. The molecule has 1 aromatic heterocycles. The van der Waals surface area contributed by atoms with Gasteiger partial charge in [0.15, 0.2) is 0 Å². The molecule has 0 aliphatic heterocycles. The predicted molar refractivity (Wildman–Crippen MR) is 83.4 cm³/mol. The molecular formula is C17H14N2O3. The summed E-state index contributed by atoms with van der Waals surface area (Å²) in [6.45, 7) is 0.261. The highest BCUT2D eigenvalue weighted by Crippen LogP contribution is 2.07. The largest absolute Gasteiger partial charge is 0.482 e. The number of aromatic nitrogens is 2. The average molecular weight is 294 g/mol. The predicted octanol–water partition coefficient (Wildman–Crippen LogP) is 2.10. The summed E-state index contributed by atoms with van der Waals surface area (Å²) in [5.74, 6) is 0.104. The fourth-order valence-electron chi connectivity index (χ4n) is 2.11. The third-order valence-electron chi connectivity index (χ3n) is 3.20. The van der Waals surface area contributed by atoms with Gasteiger partial charge in [0.1, 0.15) is 6.61 Å². The SMILES string of the molecule is O=c1[nH]cc(OCc2ccccc2)c(=O)n1-c1ccccc1. The Kier molecular flexibility index (Phi) is 3.87. The molecule has 110 valence electrons. The summed E-state index contributed by atoms with van der Waals surface area (Å²) < 4.78 is 6.59. The Morgan fingerprint density at radius 1 is 0.909 bits per heavy atom. The van der Waals surface area contributed by atoms with Crippen LogP contribution in [0.4, 0.5) is 0 Å². The van der Waals surface area contributed by atoms with Crippen LogP contribution in [0.25, 0.3) is 5.69 Å². The molecule has 3 aromatic rings. The molecule has 1 N–H and O–H groups in total. The molecule has 22 heavy (non-hydrogen) atoms. The summed E-state index contributed by atoms with van der Waals surface area (Å²) in [5.41, 5.74) is 0.465. The number of H-pyrrole nitrogens is 1. The standard InChI is InChI=1S/C17H14N2O3/c20-16-15(22-12-13-7-3-1-4-8-13)11-18-17(21)19(16)14-9-5-2-6-10-14/h1-11H,12H2,(H,18,21). The van der Waals surface area contributed by atoms with Gasteiger partial charge in [-0.25, -0.2) is 9.36 Å². The second-order valence-corrected chi connectivity index (χ2v) is 4.71. The summed E-state index contributed by atoms with van der Waals surface area (Å²) in [7, 11) is 0. The van der Waals surface area contributed by atoms with Crippen molar-refractivity contribution in [3.63, 3.8) is 0 Å². The van der Waals surface area contributed by atoms with Gasteiger partial charge in [0.25, 0.3) is 0 Å². The van der Waals surface area contributed by atoms with Crippen molar-refractivity contribution < 1.29 is 4.74 Å². The smallest absolute Gasteiger partial charge is 0.333 e. The second-order valence-electron chi connectivity index (χ2n) is 4.71. The van der Waals surface area contributed by atoms with Crippen molar-refractivity contribution in [3.8, 4) is 11.4 Å². The number of nitrogens with one attached hydrogen (secondary N) is 1. The molecule has 0 saturated carbocycles. The molecule has 0 aliphatic carbocycles. The number of ether oxygens (including phenoxy) is 1. The Morgan fingerprint density at radius 2 is 1.55 bits per heavy atom. The van der Waals surface area contributed by atoms with E-state index in [-0.39, 0.29) is 12.4 Å². The highest BCUT2D eigenvalue weighted by Gasteiger charge is 2.10. The molecule has 1 heterocycles. The van der Waals surface area contributed by atoms with Crippen molar-refractivity contribution in [1.29, 1.82) is 0 Å². The van der Waals surface area contributed by atoms with Crippen LogP contribution in [-0.4, -0.2) is 9.55 Å². The molecule has 0 unspecified atom stereocenters. The fourth-order valence-corrected chi connectivity index (χ4v) is 2.11. The van der Waals surface area contributed by atoms with Gasteiger partial charge in [0.05, 0.1) is 11.9 Å². The Morgan fingerprint density at radius 3 is 2.23 bits per heavy atom. The van der Waals surface area contributed by atoms with Gasteiger partial charge in [-0.15, -0.1) is 0 Å². The zero-order valence-corrected chi connectivity index (χ0v) is 11.7. The van der Waals surface area contributed by atoms with Gasteiger partial charge >= 0.3 is 11.2 Å². The van der Waals surface area contributed by atoms with Crippen molar-refractivity contribution in [2.24, 2.45) is 0 Å². The number of rotatable bonds is 4. The highest BCUT2D eigenvalue weighted by atomic mass is 16.5. The van der Waals surface area contributed by atoms with Crippen LogP contribution in [0.5, 0.6) is 5.75 Å². The van der Waals surface area contributed by atoms with Crippen LogP contribution in [0.15, 0.2) is 76.4 Å². The molecular weight excluding hydrogens is 280 g/mol. The average Bonchev–Trinajstić information content (AvgIpc) is 2.56. The Labute approximate surface area is 126 Å². The summed E-state index contributed by atoms with van der Waals surface area (Å²) >= 11 is 0. The van der Waals surface area contributed by atoms with Gasteiger partial charge in [-0.2, -0.15) is 0 Å². The van der Waals surface area contributed by atoms with Crippen molar-refractivity contribution >= 4 is 0 Å². The minimum atomic E-state index is -0.497. The first kappa shape index (κ1) is 13.9. The fraction of sp³-hybridized carbons (Fsp3) is 0.0588. The molecule has 0 spiro atoms. The molecule has 5 nitrogen and oxygen atoms in total. The van der Waals surface area contributed by atoms with Crippen molar-refractivity contribution in [3.05, 3.63) is 93.3 Å². The first-order valence-corrected chi connectivity index (χ1v) is 6.82. The van der Waals surface area contributed by atoms with E-state index >= 15 is 0 Å². The van der Waals surface area contributed by atoms with Gasteiger partial charge in [0.2, 0.25) is 5.75 Å². The molecule has 0 atom stereocenters. The first-order valence-electron chi connectivity index (χ1n) is 6.82. The highest BCUT2D eigenvalue weighted by molar-refractivity contribution is 5.32. The van der Waals surface area contributed by atoms with Gasteiger partial charge in [-0.05, 0) is 17.7 Å². The molecule has 0 aliphatic rings. The third kappa shape index (κ3) is 2.83. The van der Waals surface area contributed by atoms with Crippen molar-refractivity contribution in [2.45, 2.75) is 6.61 Å². The molecule has 0 amide bonds. The molecule has 3 rings (SSSR count). The Bertz CT molecular complexity index is 868. The zero-order valence-electron chi connectivity index (χ0n) is 11.7. The molecule has 0 saturated heterocycles. The molecule has 5 heteroatoms. The summed E-state index contributed by atoms with van der Waals surface area (Å²) in [6, 6.07) is 18.2. The van der Waals surface area contributed by atoms with E-state index in [9.17, 15) is 9.59 Å². The normalized spacial score (nSPS) is 10.4. The maximum absolute atomic E-state index is 12.4. The van der Waals surface area contributed by atoms with Crippen LogP contribution in [-0.2, 0) is 6.61 Å². The van der Waals surface area contributed by atoms with Gasteiger partial charge < -0.3 is 9.72 Å². The van der Waals surface area contributed by atoms with Gasteiger partial charge in [0, 0.05) is 0 Å². The van der Waals surface area contributed by atoms with E-state index in [2.05, 4.69) is 4.98 Å². The van der Waals surface area contributed by atoms with E-state index < -0.39 is 11.2 Å². The van der Waals surface area contributed by atoms with Crippen LogP contribution < -0.4 is 16.0 Å². The van der Waals surface area contributed by atoms with E-state index in [1.807, 2.05) is 36.4 Å². The topological polar surface area (TPSA) is 64.1 Å². The minimum Gasteiger partial charge on any atom is -0.482 e. The Balaban J connectivity index is 1.94. The van der Waals surface area contributed by atoms with Crippen LogP contribution in [0.2, 0.25) is 0 Å². The van der Waals surface area contributed by atoms with Gasteiger partial charge in [-0.1, -0.05) is 48.5 Å². The van der Waals surface area contributed by atoms with E-state index in [1.165, 1.54) is 6.20 Å². The maximum Gasteiger partial charge on any atom is 0.333 e. The maximum atomic E-state index is 12.4. The van der Waals surface area contributed by atoms with Crippen LogP contribution in [0.1, 0.15) is 5.56 Å². The second kappa shape index (κ2) is 6.13. The van der Waals surface area contributed by atoms with E-state index in [4.69, 9.17) is 4.74 Å². The lowest BCUT2D eigenvalue weighted by Gasteiger charge is -2.08. The van der Waals surface area contributed by atoms with Crippen molar-refractivity contribution in [2.75, 3.05) is 0 Å². The minimum absolute atomic E-state index is 0.104. The third-order valence-corrected chi connectivity index (χ3v) is 3.20. The molecule has 0 radical (unpaired) electrons. The van der Waals surface area contributed by atoms with E-state index in [1.54, 1.807) is 24.3 Å². The zero-order chi connectivity index (χ0) is 15.4. The number of benzene rings is 2. The van der Waals surface area contributed by atoms with E-state index in [0.29, 0.717) is 5.69 Å².